The maximum absolute atomic E-state index is 13.0. The number of hydrogen-bond donors (Lipinski definition) is 0. The van der Waals surface area contributed by atoms with Gasteiger partial charge < -0.3 is 0 Å². The second kappa shape index (κ2) is 7.08. The third-order valence-corrected chi connectivity index (χ3v) is 4.26. The Balaban J connectivity index is 1.70. The molecule has 29 heavy (non-hydrogen) atoms. The zero-order valence-corrected chi connectivity index (χ0v) is 14.7. The van der Waals surface area contributed by atoms with Crippen LogP contribution in [0.25, 0.3) is 16.9 Å². The van der Waals surface area contributed by atoms with Crippen LogP contribution >= 0.6 is 0 Å². The van der Waals surface area contributed by atoms with Crippen LogP contribution in [0.15, 0.2) is 60.9 Å². The molecule has 0 atom stereocenters. The number of nitrogens with zero attached hydrogens (tertiary/aromatic N) is 4. The average molecular weight is 400 g/mol. The van der Waals surface area contributed by atoms with E-state index in [-0.39, 0.29) is 23.5 Å². The molecule has 0 N–H and O–H groups in total. The van der Waals surface area contributed by atoms with Crippen molar-refractivity contribution in [2.24, 2.45) is 0 Å². The zero-order chi connectivity index (χ0) is 20.6. The van der Waals surface area contributed by atoms with Gasteiger partial charge in [0.25, 0.3) is 0 Å². The van der Waals surface area contributed by atoms with E-state index in [1.165, 1.54) is 41.0 Å². The number of Topliss-reactive ketones (excluding diaryl/α,β-unsaturated/α-hetero) is 1. The summed E-state index contributed by atoms with van der Waals surface area (Å²) < 4.78 is 53.3. The molecule has 0 unspecified atom stereocenters. The summed E-state index contributed by atoms with van der Waals surface area (Å²) in [7, 11) is 0. The van der Waals surface area contributed by atoms with Crippen molar-refractivity contribution < 1.29 is 22.4 Å². The lowest BCUT2D eigenvalue weighted by Crippen LogP contribution is -2.10. The van der Waals surface area contributed by atoms with E-state index in [1.807, 2.05) is 0 Å². The molecule has 0 aliphatic rings. The Morgan fingerprint density at radius 3 is 2.55 bits per heavy atom. The normalized spacial score (nSPS) is 11.7. The highest BCUT2D eigenvalue weighted by molar-refractivity contribution is 5.95. The number of pyridine rings is 1. The zero-order valence-electron chi connectivity index (χ0n) is 14.7. The van der Waals surface area contributed by atoms with Gasteiger partial charge in [-0.2, -0.15) is 18.3 Å². The Labute approximate surface area is 161 Å². The molecule has 0 saturated carbocycles. The van der Waals surface area contributed by atoms with Crippen LogP contribution in [0.3, 0.4) is 0 Å². The Bertz CT molecular complexity index is 1200. The van der Waals surface area contributed by atoms with Crippen LogP contribution in [0.5, 0.6) is 0 Å². The highest BCUT2D eigenvalue weighted by Crippen LogP contribution is 2.32. The van der Waals surface area contributed by atoms with Crippen molar-refractivity contribution in [3.8, 4) is 11.3 Å². The van der Waals surface area contributed by atoms with E-state index in [1.54, 1.807) is 6.07 Å². The van der Waals surface area contributed by atoms with Crippen LogP contribution in [0.2, 0.25) is 0 Å². The minimum Gasteiger partial charge on any atom is -0.292 e. The highest BCUT2D eigenvalue weighted by Gasteiger charge is 2.30. The summed E-state index contributed by atoms with van der Waals surface area (Å²) >= 11 is 0. The van der Waals surface area contributed by atoms with Gasteiger partial charge in [0.1, 0.15) is 11.5 Å². The van der Waals surface area contributed by atoms with Gasteiger partial charge >= 0.3 is 6.18 Å². The van der Waals surface area contributed by atoms with E-state index in [9.17, 15) is 22.4 Å². The molecule has 4 aromatic rings. The number of aromatic nitrogens is 4. The summed E-state index contributed by atoms with van der Waals surface area (Å²) in [6.45, 7) is 0. The molecule has 0 aliphatic carbocycles. The number of carbonyl (C=O) groups is 1. The fraction of sp³-hybridized carbons (Fsp3) is 0.100. The van der Waals surface area contributed by atoms with Crippen LogP contribution in [0, 0.1) is 5.82 Å². The molecule has 4 rings (SSSR count). The van der Waals surface area contributed by atoms with Gasteiger partial charge in [-0.1, -0.05) is 12.1 Å². The average Bonchev–Trinajstić information content (AvgIpc) is 3.12. The Morgan fingerprint density at radius 2 is 1.83 bits per heavy atom. The molecule has 0 spiro atoms. The second-order valence-corrected chi connectivity index (χ2v) is 6.28. The minimum atomic E-state index is -4.48. The van der Waals surface area contributed by atoms with E-state index in [0.29, 0.717) is 17.0 Å². The number of fused-ring (bicyclic) bond motifs is 1. The van der Waals surface area contributed by atoms with Gasteiger partial charge in [0.15, 0.2) is 11.4 Å². The van der Waals surface area contributed by atoms with Gasteiger partial charge in [0.2, 0.25) is 0 Å². The summed E-state index contributed by atoms with van der Waals surface area (Å²) in [4.78, 5) is 20.5. The van der Waals surface area contributed by atoms with Crippen molar-refractivity contribution in [3.63, 3.8) is 0 Å². The Morgan fingerprint density at radius 1 is 1.00 bits per heavy atom. The van der Waals surface area contributed by atoms with Gasteiger partial charge in [-0.05, 0) is 36.4 Å². The molecule has 0 radical (unpaired) electrons. The van der Waals surface area contributed by atoms with E-state index in [4.69, 9.17) is 0 Å². The third kappa shape index (κ3) is 3.84. The van der Waals surface area contributed by atoms with Crippen LogP contribution in [-0.2, 0) is 12.6 Å². The predicted octanol–water partition coefficient (Wildman–Crippen LogP) is 4.37. The van der Waals surface area contributed by atoms with Gasteiger partial charge in [-0.15, -0.1) is 0 Å². The van der Waals surface area contributed by atoms with Crippen molar-refractivity contribution >= 4 is 11.4 Å². The molecular formula is C20H12F4N4O. The lowest BCUT2D eigenvalue weighted by atomic mass is 10.1. The van der Waals surface area contributed by atoms with Gasteiger partial charge in [-0.3, -0.25) is 9.78 Å². The van der Waals surface area contributed by atoms with Crippen LogP contribution in [0.4, 0.5) is 17.6 Å². The van der Waals surface area contributed by atoms with Crippen LogP contribution in [0.1, 0.15) is 21.7 Å². The van der Waals surface area contributed by atoms with Crippen molar-refractivity contribution in [2.45, 2.75) is 12.6 Å². The molecule has 0 amide bonds. The molecule has 9 heteroatoms. The first-order valence-corrected chi connectivity index (χ1v) is 8.47. The second-order valence-electron chi connectivity index (χ2n) is 6.28. The quantitative estimate of drug-likeness (QED) is 0.377. The lowest BCUT2D eigenvalue weighted by Gasteiger charge is -2.08. The largest absolute Gasteiger partial charge is 0.416 e. The smallest absolute Gasteiger partial charge is 0.292 e. The number of benzene rings is 1. The van der Waals surface area contributed by atoms with Gasteiger partial charge in [0.05, 0.1) is 30.1 Å². The summed E-state index contributed by atoms with van der Waals surface area (Å²) in [5, 5.41) is 4.24. The van der Waals surface area contributed by atoms with Gasteiger partial charge in [0, 0.05) is 11.3 Å². The first-order valence-electron chi connectivity index (χ1n) is 8.47. The molecular weight excluding hydrogens is 388 g/mol. The molecule has 146 valence electrons. The van der Waals surface area contributed by atoms with Gasteiger partial charge in [-0.25, -0.2) is 13.9 Å². The molecule has 3 heterocycles. The first kappa shape index (κ1) is 18.7. The number of hydrogen-bond acceptors (Lipinski definition) is 4. The molecule has 3 aromatic heterocycles. The van der Waals surface area contributed by atoms with Crippen molar-refractivity contribution in [2.75, 3.05) is 0 Å². The Kier molecular flexibility index (Phi) is 4.57. The number of ketones is 1. The van der Waals surface area contributed by atoms with Crippen LogP contribution < -0.4 is 0 Å². The van der Waals surface area contributed by atoms with Crippen molar-refractivity contribution in [3.05, 3.63) is 83.7 Å². The summed E-state index contributed by atoms with van der Waals surface area (Å²) in [5.74, 6) is -0.875. The maximum atomic E-state index is 13.0. The molecule has 0 bridgehead atoms. The molecule has 1 aromatic carbocycles. The highest BCUT2D eigenvalue weighted by atomic mass is 19.4. The molecule has 0 saturated heterocycles. The fourth-order valence-electron chi connectivity index (χ4n) is 2.84. The molecule has 0 fully saturated rings. The predicted molar refractivity (Wildman–Crippen MR) is 95.7 cm³/mol. The molecule has 0 aliphatic heterocycles. The lowest BCUT2D eigenvalue weighted by molar-refractivity contribution is -0.137. The first-order chi connectivity index (χ1) is 13.8. The third-order valence-electron chi connectivity index (χ3n) is 4.26. The summed E-state index contributed by atoms with van der Waals surface area (Å²) in [6, 6.07) is 10.4. The van der Waals surface area contributed by atoms with Crippen molar-refractivity contribution in [1.82, 2.24) is 19.6 Å². The van der Waals surface area contributed by atoms with E-state index in [2.05, 4.69) is 15.1 Å². The number of rotatable bonds is 4. The number of carbonyl (C=O) groups excluding carboxylic acids is 1. The maximum Gasteiger partial charge on any atom is 0.416 e. The standard InChI is InChI=1S/C20H12F4N4O/c21-14-4-5-15(25-10-14)9-18(29)16-6-7-19-26-11-17(28(19)27-16)12-2-1-3-13(8-12)20(22,23)24/h1-8,10-11H,9H2. The minimum absolute atomic E-state index is 0.0909. The summed E-state index contributed by atoms with van der Waals surface area (Å²) in [6.07, 6.45) is -2.16. The van der Waals surface area contributed by atoms with E-state index in [0.717, 1.165) is 18.3 Å². The van der Waals surface area contributed by atoms with Crippen molar-refractivity contribution in [1.29, 1.82) is 0 Å². The number of imidazole rings is 1. The topological polar surface area (TPSA) is 60.2 Å². The molecule has 5 nitrogen and oxygen atoms in total. The number of alkyl halides is 3. The fourth-order valence-corrected chi connectivity index (χ4v) is 2.84. The number of halogens is 4. The van der Waals surface area contributed by atoms with Crippen LogP contribution in [-0.4, -0.2) is 25.4 Å². The van der Waals surface area contributed by atoms with E-state index < -0.39 is 17.6 Å². The van der Waals surface area contributed by atoms with E-state index >= 15 is 0 Å². The Hall–Kier alpha value is -3.62. The monoisotopic (exact) mass is 400 g/mol. The SMILES string of the molecule is O=C(Cc1ccc(F)cn1)c1ccc2ncc(-c3cccc(C(F)(F)F)c3)n2n1. The summed E-state index contributed by atoms with van der Waals surface area (Å²) in [5.41, 5.74) is 0.649.